The van der Waals surface area contributed by atoms with E-state index in [1.807, 2.05) is 0 Å². The second-order valence-electron chi connectivity index (χ2n) is 4.78. The maximum atomic E-state index is 11.6. The van der Waals surface area contributed by atoms with Crippen molar-refractivity contribution in [2.75, 3.05) is 6.54 Å². The molecule has 1 aliphatic rings. The van der Waals surface area contributed by atoms with E-state index >= 15 is 0 Å². The predicted molar refractivity (Wildman–Crippen MR) is 56.5 cm³/mol. The number of carbonyl (C=O) groups is 2. The molecule has 1 amide bonds. The van der Waals surface area contributed by atoms with Crippen molar-refractivity contribution in [3.63, 3.8) is 0 Å². The Kier molecular flexibility index (Phi) is 2.88. The number of nitrogens with zero attached hydrogens (tertiary/aromatic N) is 1. The van der Waals surface area contributed by atoms with Gasteiger partial charge < -0.3 is 9.53 Å². The molecule has 4 nitrogen and oxygen atoms in total. The summed E-state index contributed by atoms with van der Waals surface area (Å²) in [6.45, 7) is 9.38. The maximum absolute atomic E-state index is 11.6. The van der Waals surface area contributed by atoms with Crippen LogP contribution in [-0.2, 0) is 9.53 Å². The second kappa shape index (κ2) is 3.68. The smallest absolute Gasteiger partial charge is 0.411 e. The maximum Gasteiger partial charge on any atom is 0.411 e. The van der Waals surface area contributed by atoms with E-state index in [0.717, 1.165) is 6.29 Å². The summed E-state index contributed by atoms with van der Waals surface area (Å²) in [7, 11) is 0. The van der Waals surface area contributed by atoms with Gasteiger partial charge in [-0.1, -0.05) is 6.08 Å². The van der Waals surface area contributed by atoms with Crippen molar-refractivity contribution in [3.05, 3.63) is 12.7 Å². The number of ether oxygens (including phenoxy) is 1. The molecule has 0 bridgehead atoms. The van der Waals surface area contributed by atoms with Crippen LogP contribution in [0.5, 0.6) is 0 Å². The molecule has 0 saturated carbocycles. The first kappa shape index (κ1) is 11.8. The first-order valence-corrected chi connectivity index (χ1v) is 4.92. The highest BCUT2D eigenvalue weighted by atomic mass is 16.6. The molecule has 0 N–H and O–H groups in total. The van der Waals surface area contributed by atoms with E-state index < -0.39 is 17.2 Å². The van der Waals surface area contributed by atoms with Gasteiger partial charge in [-0.2, -0.15) is 0 Å². The van der Waals surface area contributed by atoms with Crippen LogP contribution in [0.25, 0.3) is 0 Å². The average molecular weight is 211 g/mol. The lowest BCUT2D eigenvalue weighted by atomic mass is 10.1. The summed E-state index contributed by atoms with van der Waals surface area (Å²) >= 11 is 0. The fourth-order valence-electron chi connectivity index (χ4n) is 1.38. The van der Waals surface area contributed by atoms with E-state index in [1.54, 1.807) is 26.8 Å². The third-order valence-electron chi connectivity index (χ3n) is 2.20. The third kappa shape index (κ3) is 2.58. The van der Waals surface area contributed by atoms with Crippen LogP contribution in [-0.4, -0.2) is 35.0 Å². The zero-order valence-electron chi connectivity index (χ0n) is 9.45. The molecule has 1 saturated heterocycles. The van der Waals surface area contributed by atoms with Crippen LogP contribution >= 0.6 is 0 Å². The van der Waals surface area contributed by atoms with Crippen LogP contribution in [0.3, 0.4) is 0 Å². The SMILES string of the molecule is C=CC[C@@]1(C=O)CN1C(=O)OC(C)(C)C. The van der Waals surface area contributed by atoms with Gasteiger partial charge >= 0.3 is 6.09 Å². The van der Waals surface area contributed by atoms with Crippen LogP contribution in [0.15, 0.2) is 12.7 Å². The Morgan fingerprint density at radius 2 is 2.20 bits per heavy atom. The van der Waals surface area contributed by atoms with E-state index in [-0.39, 0.29) is 0 Å². The molecule has 0 aromatic rings. The molecule has 1 heterocycles. The van der Waals surface area contributed by atoms with Gasteiger partial charge in [0.05, 0.1) is 6.54 Å². The molecule has 1 rings (SSSR count). The number of amides is 1. The van der Waals surface area contributed by atoms with E-state index in [4.69, 9.17) is 4.74 Å². The standard InChI is InChI=1S/C11H17NO3/c1-5-6-11(8-13)7-12(11)9(14)15-10(2,3)4/h5,8H,1,6-7H2,2-4H3/t11-,12?/m0/s1. The zero-order valence-corrected chi connectivity index (χ0v) is 9.45. The molecule has 4 heteroatoms. The highest BCUT2D eigenvalue weighted by Gasteiger charge is 2.55. The van der Waals surface area contributed by atoms with Gasteiger partial charge in [0.25, 0.3) is 0 Å². The van der Waals surface area contributed by atoms with Gasteiger partial charge in [-0.05, 0) is 27.2 Å². The lowest BCUT2D eigenvalue weighted by molar-refractivity contribution is -0.110. The Hall–Kier alpha value is -1.32. The van der Waals surface area contributed by atoms with Crippen molar-refractivity contribution >= 4 is 12.4 Å². The van der Waals surface area contributed by atoms with Gasteiger partial charge in [0.1, 0.15) is 17.4 Å². The van der Waals surface area contributed by atoms with Crippen molar-refractivity contribution < 1.29 is 14.3 Å². The molecule has 1 atom stereocenters. The van der Waals surface area contributed by atoms with Crippen molar-refractivity contribution in [3.8, 4) is 0 Å². The van der Waals surface area contributed by atoms with Crippen molar-refractivity contribution in [2.24, 2.45) is 0 Å². The molecule has 1 fully saturated rings. The molecule has 0 aromatic heterocycles. The molecule has 0 radical (unpaired) electrons. The lowest BCUT2D eigenvalue weighted by Crippen LogP contribution is -2.31. The molecule has 0 spiro atoms. The van der Waals surface area contributed by atoms with Crippen LogP contribution in [0, 0.1) is 0 Å². The third-order valence-corrected chi connectivity index (χ3v) is 2.20. The summed E-state index contributed by atoms with van der Waals surface area (Å²) < 4.78 is 5.16. The molecule has 0 aromatic carbocycles. The highest BCUT2D eigenvalue weighted by molar-refractivity contribution is 5.83. The first-order chi connectivity index (χ1) is 6.84. The van der Waals surface area contributed by atoms with Crippen LogP contribution in [0.4, 0.5) is 4.79 Å². The summed E-state index contributed by atoms with van der Waals surface area (Å²) in [5.74, 6) is 0. The van der Waals surface area contributed by atoms with Gasteiger partial charge in [-0.15, -0.1) is 6.58 Å². The summed E-state index contributed by atoms with van der Waals surface area (Å²) in [6.07, 6.45) is 2.48. The molecular formula is C11H17NO3. The van der Waals surface area contributed by atoms with E-state index in [0.29, 0.717) is 13.0 Å². The van der Waals surface area contributed by atoms with Crippen molar-refractivity contribution in [1.82, 2.24) is 4.90 Å². The number of rotatable bonds is 3. The summed E-state index contributed by atoms with van der Waals surface area (Å²) in [5, 5.41) is 0. The predicted octanol–water partition coefficient (Wildman–Crippen LogP) is 1.75. The van der Waals surface area contributed by atoms with Gasteiger partial charge in [0, 0.05) is 0 Å². The van der Waals surface area contributed by atoms with Gasteiger partial charge in [0.15, 0.2) is 0 Å². The Morgan fingerprint density at radius 1 is 1.60 bits per heavy atom. The minimum Gasteiger partial charge on any atom is -0.444 e. The number of hydrogen-bond donors (Lipinski definition) is 0. The summed E-state index contributed by atoms with van der Waals surface area (Å²) in [4.78, 5) is 23.9. The van der Waals surface area contributed by atoms with E-state index in [2.05, 4.69) is 6.58 Å². The molecule has 84 valence electrons. The quantitative estimate of drug-likeness (QED) is 0.406. The summed E-state index contributed by atoms with van der Waals surface area (Å²) in [5.41, 5.74) is -1.22. The molecule has 1 aliphatic heterocycles. The number of hydrogen-bond acceptors (Lipinski definition) is 3. The van der Waals surface area contributed by atoms with Crippen LogP contribution in [0.2, 0.25) is 0 Å². The minimum atomic E-state index is -0.690. The molecular weight excluding hydrogens is 194 g/mol. The monoisotopic (exact) mass is 211 g/mol. The summed E-state index contributed by atoms with van der Waals surface area (Å²) in [6, 6.07) is 0. The molecule has 0 aliphatic carbocycles. The van der Waals surface area contributed by atoms with E-state index in [1.165, 1.54) is 4.90 Å². The normalized spacial score (nSPS) is 24.6. The topological polar surface area (TPSA) is 46.4 Å². The Balaban J connectivity index is 2.59. The van der Waals surface area contributed by atoms with Crippen LogP contribution < -0.4 is 0 Å². The van der Waals surface area contributed by atoms with Gasteiger partial charge in [-0.25, -0.2) is 4.79 Å². The number of aldehydes is 1. The van der Waals surface area contributed by atoms with Gasteiger partial charge in [-0.3, -0.25) is 4.90 Å². The zero-order chi connectivity index (χ0) is 11.7. The fraction of sp³-hybridized carbons (Fsp3) is 0.636. The van der Waals surface area contributed by atoms with Crippen molar-refractivity contribution in [2.45, 2.75) is 38.3 Å². The second-order valence-corrected chi connectivity index (χ2v) is 4.78. The Bertz CT molecular complexity index is 293. The number of carbonyl (C=O) groups excluding carboxylic acids is 2. The molecule has 0 unspecified atom stereocenters. The van der Waals surface area contributed by atoms with Crippen LogP contribution in [0.1, 0.15) is 27.2 Å². The minimum absolute atomic E-state index is 0.428. The Morgan fingerprint density at radius 3 is 2.60 bits per heavy atom. The molecule has 15 heavy (non-hydrogen) atoms. The van der Waals surface area contributed by atoms with Gasteiger partial charge in [0.2, 0.25) is 0 Å². The Labute approximate surface area is 89.9 Å². The van der Waals surface area contributed by atoms with E-state index in [9.17, 15) is 9.59 Å². The lowest BCUT2D eigenvalue weighted by Gasteiger charge is -2.20. The largest absolute Gasteiger partial charge is 0.444 e. The first-order valence-electron chi connectivity index (χ1n) is 4.92. The highest BCUT2D eigenvalue weighted by Crippen LogP contribution is 2.35. The van der Waals surface area contributed by atoms with Crippen molar-refractivity contribution in [1.29, 1.82) is 0 Å². The average Bonchev–Trinajstić information content (AvgIpc) is 2.78. The fourth-order valence-corrected chi connectivity index (χ4v) is 1.38.